The summed E-state index contributed by atoms with van der Waals surface area (Å²) < 4.78 is 23.9. The second-order valence-corrected chi connectivity index (χ2v) is 4.28. The molecule has 4 heteroatoms. The minimum Gasteiger partial charge on any atom is -0.376 e. The van der Waals surface area contributed by atoms with Crippen LogP contribution in [0.1, 0.15) is 11.1 Å². The van der Waals surface area contributed by atoms with Crippen molar-refractivity contribution in [2.45, 2.75) is 19.6 Å². The molecule has 0 aliphatic carbocycles. The third-order valence-corrected chi connectivity index (χ3v) is 2.81. The molecule has 0 bridgehead atoms. The van der Waals surface area contributed by atoms with Crippen LogP contribution in [0.3, 0.4) is 0 Å². The summed E-state index contributed by atoms with van der Waals surface area (Å²) in [7, 11) is 0. The minimum atomic E-state index is -0.155. The lowest BCUT2D eigenvalue weighted by Crippen LogP contribution is -2.37. The molecule has 1 saturated heterocycles. The smallest absolute Gasteiger partial charge is 0.126 e. The Labute approximate surface area is 101 Å². The van der Waals surface area contributed by atoms with Gasteiger partial charge in [0.25, 0.3) is 0 Å². The zero-order chi connectivity index (χ0) is 12.1. The second kappa shape index (κ2) is 6.10. The van der Waals surface area contributed by atoms with Crippen LogP contribution in [0.2, 0.25) is 0 Å². The van der Waals surface area contributed by atoms with Gasteiger partial charge in [-0.25, -0.2) is 4.39 Å². The number of halogens is 1. The van der Waals surface area contributed by atoms with Gasteiger partial charge in [0.15, 0.2) is 0 Å². The Balaban J connectivity index is 1.75. The summed E-state index contributed by atoms with van der Waals surface area (Å²) in [5, 5.41) is 3.29. The molecule has 1 atom stereocenters. The van der Waals surface area contributed by atoms with Crippen molar-refractivity contribution in [2.24, 2.45) is 0 Å². The number of hydrogen-bond acceptors (Lipinski definition) is 3. The molecule has 1 aliphatic heterocycles. The second-order valence-electron chi connectivity index (χ2n) is 4.28. The first-order valence-electron chi connectivity index (χ1n) is 5.91. The zero-order valence-corrected chi connectivity index (χ0v) is 10.0. The van der Waals surface area contributed by atoms with E-state index in [4.69, 9.17) is 9.47 Å². The van der Waals surface area contributed by atoms with Crippen LogP contribution in [0, 0.1) is 12.7 Å². The van der Waals surface area contributed by atoms with Gasteiger partial charge in [-0.1, -0.05) is 12.1 Å². The van der Waals surface area contributed by atoms with Gasteiger partial charge < -0.3 is 14.8 Å². The van der Waals surface area contributed by atoms with Gasteiger partial charge in [-0.2, -0.15) is 0 Å². The molecular weight excluding hydrogens is 221 g/mol. The monoisotopic (exact) mass is 239 g/mol. The number of hydrogen-bond donors (Lipinski definition) is 1. The third-order valence-electron chi connectivity index (χ3n) is 2.81. The van der Waals surface area contributed by atoms with Crippen molar-refractivity contribution in [1.29, 1.82) is 0 Å². The quantitative estimate of drug-likeness (QED) is 0.866. The number of ether oxygens (including phenoxy) is 2. The van der Waals surface area contributed by atoms with Crippen molar-refractivity contribution in [3.63, 3.8) is 0 Å². The van der Waals surface area contributed by atoms with E-state index in [2.05, 4.69) is 5.32 Å². The first kappa shape index (κ1) is 12.5. The summed E-state index contributed by atoms with van der Waals surface area (Å²) in [6.07, 6.45) is 0.130. The van der Waals surface area contributed by atoms with Crippen molar-refractivity contribution in [1.82, 2.24) is 5.32 Å². The molecule has 0 amide bonds. The molecule has 1 unspecified atom stereocenters. The predicted octanol–water partition coefficient (Wildman–Crippen LogP) is 1.64. The average Bonchev–Trinajstić information content (AvgIpc) is 2.35. The van der Waals surface area contributed by atoms with Crippen LogP contribution in [0.4, 0.5) is 4.39 Å². The maximum atomic E-state index is 13.1. The van der Waals surface area contributed by atoms with Gasteiger partial charge in [-0.15, -0.1) is 0 Å². The maximum absolute atomic E-state index is 13.1. The fourth-order valence-corrected chi connectivity index (χ4v) is 1.85. The summed E-state index contributed by atoms with van der Waals surface area (Å²) in [4.78, 5) is 0. The fourth-order valence-electron chi connectivity index (χ4n) is 1.85. The lowest BCUT2D eigenvalue weighted by Gasteiger charge is -2.23. The molecule has 17 heavy (non-hydrogen) atoms. The van der Waals surface area contributed by atoms with Crippen LogP contribution in [0.15, 0.2) is 18.2 Å². The molecule has 94 valence electrons. The Hall–Kier alpha value is -0.970. The van der Waals surface area contributed by atoms with Gasteiger partial charge in [0, 0.05) is 13.1 Å². The lowest BCUT2D eigenvalue weighted by atomic mass is 10.1. The Morgan fingerprint density at radius 2 is 2.29 bits per heavy atom. The molecule has 0 saturated carbocycles. The van der Waals surface area contributed by atoms with Gasteiger partial charge >= 0.3 is 0 Å². The zero-order valence-electron chi connectivity index (χ0n) is 10.0. The Bertz CT molecular complexity index is 364. The van der Waals surface area contributed by atoms with Crippen LogP contribution in [0.25, 0.3) is 0 Å². The third kappa shape index (κ3) is 3.77. The highest BCUT2D eigenvalue weighted by atomic mass is 19.1. The van der Waals surface area contributed by atoms with Gasteiger partial charge in [0.05, 0.1) is 25.9 Å². The SMILES string of the molecule is Cc1cc(CNCC2COCCO2)ccc1F. The van der Waals surface area contributed by atoms with E-state index in [-0.39, 0.29) is 11.9 Å². The molecule has 1 aromatic carbocycles. The van der Waals surface area contributed by atoms with Gasteiger partial charge in [-0.3, -0.25) is 0 Å². The van der Waals surface area contributed by atoms with E-state index >= 15 is 0 Å². The standard InChI is InChI=1S/C13H18FNO2/c1-10-6-11(2-3-13(10)14)7-15-8-12-9-16-4-5-17-12/h2-3,6,12,15H,4-5,7-9H2,1H3. The molecule has 3 nitrogen and oxygen atoms in total. The molecule has 1 fully saturated rings. The number of benzene rings is 1. The van der Waals surface area contributed by atoms with E-state index in [0.717, 1.165) is 18.7 Å². The van der Waals surface area contributed by atoms with Crippen molar-refractivity contribution < 1.29 is 13.9 Å². The summed E-state index contributed by atoms with van der Waals surface area (Å²) in [6, 6.07) is 5.17. The molecule has 1 N–H and O–H groups in total. The van der Waals surface area contributed by atoms with E-state index in [1.165, 1.54) is 6.07 Å². The molecular formula is C13H18FNO2. The van der Waals surface area contributed by atoms with Crippen molar-refractivity contribution in [2.75, 3.05) is 26.4 Å². The molecule has 0 radical (unpaired) electrons. The Morgan fingerprint density at radius 3 is 3.00 bits per heavy atom. The number of nitrogens with one attached hydrogen (secondary N) is 1. The summed E-state index contributed by atoms with van der Waals surface area (Å²) in [5.41, 5.74) is 1.77. The maximum Gasteiger partial charge on any atom is 0.126 e. The molecule has 1 aliphatic rings. The van der Waals surface area contributed by atoms with Gasteiger partial charge in [0.2, 0.25) is 0 Å². The largest absolute Gasteiger partial charge is 0.376 e. The van der Waals surface area contributed by atoms with Crippen LogP contribution < -0.4 is 5.32 Å². The highest BCUT2D eigenvalue weighted by molar-refractivity contribution is 5.23. The van der Waals surface area contributed by atoms with Gasteiger partial charge in [-0.05, 0) is 24.1 Å². The summed E-state index contributed by atoms with van der Waals surface area (Å²) in [6.45, 7) is 5.26. The van der Waals surface area contributed by atoms with E-state index in [0.29, 0.717) is 25.4 Å². The molecule has 2 rings (SSSR count). The van der Waals surface area contributed by atoms with Crippen LogP contribution >= 0.6 is 0 Å². The van der Waals surface area contributed by atoms with Crippen LogP contribution in [0.5, 0.6) is 0 Å². The minimum absolute atomic E-state index is 0.130. The van der Waals surface area contributed by atoms with E-state index in [9.17, 15) is 4.39 Å². The van der Waals surface area contributed by atoms with Crippen LogP contribution in [-0.2, 0) is 16.0 Å². The molecule has 0 aromatic heterocycles. The first-order chi connectivity index (χ1) is 8.25. The van der Waals surface area contributed by atoms with Crippen molar-refractivity contribution in [3.05, 3.63) is 35.1 Å². The highest BCUT2D eigenvalue weighted by Crippen LogP contribution is 2.09. The Kier molecular flexibility index (Phi) is 4.48. The van der Waals surface area contributed by atoms with E-state index < -0.39 is 0 Å². The van der Waals surface area contributed by atoms with Crippen molar-refractivity contribution in [3.8, 4) is 0 Å². The van der Waals surface area contributed by atoms with E-state index in [1.807, 2.05) is 6.07 Å². The summed E-state index contributed by atoms with van der Waals surface area (Å²) in [5.74, 6) is -0.155. The first-order valence-corrected chi connectivity index (χ1v) is 5.91. The lowest BCUT2D eigenvalue weighted by molar-refractivity contribution is -0.0864. The molecule has 1 aromatic rings. The van der Waals surface area contributed by atoms with E-state index in [1.54, 1.807) is 13.0 Å². The Morgan fingerprint density at radius 1 is 1.41 bits per heavy atom. The average molecular weight is 239 g/mol. The number of aryl methyl sites for hydroxylation is 1. The predicted molar refractivity (Wildman–Crippen MR) is 63.4 cm³/mol. The molecule has 0 spiro atoms. The number of rotatable bonds is 4. The normalized spacial score (nSPS) is 20.5. The topological polar surface area (TPSA) is 30.5 Å². The fraction of sp³-hybridized carbons (Fsp3) is 0.538. The van der Waals surface area contributed by atoms with Gasteiger partial charge in [0.1, 0.15) is 5.82 Å². The van der Waals surface area contributed by atoms with Crippen LogP contribution in [-0.4, -0.2) is 32.5 Å². The summed E-state index contributed by atoms with van der Waals surface area (Å²) >= 11 is 0. The molecule has 1 heterocycles. The highest BCUT2D eigenvalue weighted by Gasteiger charge is 2.13. The van der Waals surface area contributed by atoms with Crippen molar-refractivity contribution >= 4 is 0 Å².